The van der Waals surface area contributed by atoms with Crippen LogP contribution in [0.5, 0.6) is 0 Å². The van der Waals surface area contributed by atoms with E-state index in [1.54, 1.807) is 35.7 Å². The van der Waals surface area contributed by atoms with Crippen LogP contribution in [0.3, 0.4) is 0 Å². The van der Waals surface area contributed by atoms with Crippen LogP contribution in [0.4, 0.5) is 5.69 Å². The molecule has 2 heterocycles. The molecule has 122 valence electrons. The van der Waals surface area contributed by atoms with Crippen molar-refractivity contribution in [2.75, 3.05) is 5.32 Å². The number of halogens is 1. The van der Waals surface area contributed by atoms with Crippen LogP contribution >= 0.6 is 22.9 Å². The Morgan fingerprint density at radius 3 is 2.72 bits per heavy atom. The van der Waals surface area contributed by atoms with Gasteiger partial charge in [-0.25, -0.2) is 4.98 Å². The number of anilines is 1. The van der Waals surface area contributed by atoms with E-state index in [-0.39, 0.29) is 5.91 Å². The van der Waals surface area contributed by atoms with E-state index in [1.165, 1.54) is 6.20 Å². The molecule has 2 aromatic carbocycles. The van der Waals surface area contributed by atoms with Crippen molar-refractivity contribution < 1.29 is 4.79 Å². The maximum atomic E-state index is 12.2. The fraction of sp³-hybridized carbons (Fsp3) is 0. The zero-order chi connectivity index (χ0) is 17.2. The van der Waals surface area contributed by atoms with Crippen LogP contribution in [0.15, 0.2) is 67.0 Å². The van der Waals surface area contributed by atoms with Gasteiger partial charge in [0, 0.05) is 18.0 Å². The topological polar surface area (TPSA) is 54.9 Å². The van der Waals surface area contributed by atoms with Crippen molar-refractivity contribution in [1.29, 1.82) is 0 Å². The number of amides is 1. The molecule has 0 saturated carbocycles. The van der Waals surface area contributed by atoms with Crippen LogP contribution in [0, 0.1) is 0 Å². The average Bonchev–Trinajstić information content (AvgIpc) is 3.08. The highest BCUT2D eigenvalue weighted by molar-refractivity contribution is 7.21. The third kappa shape index (κ3) is 3.24. The van der Waals surface area contributed by atoms with Gasteiger partial charge in [-0.05, 0) is 42.5 Å². The van der Waals surface area contributed by atoms with Gasteiger partial charge in [0.05, 0.1) is 26.5 Å². The largest absolute Gasteiger partial charge is 0.321 e. The first-order valence-electron chi connectivity index (χ1n) is 7.57. The summed E-state index contributed by atoms with van der Waals surface area (Å²) in [6, 6.07) is 16.9. The summed E-state index contributed by atoms with van der Waals surface area (Å²) >= 11 is 7.97. The van der Waals surface area contributed by atoms with Crippen molar-refractivity contribution in [1.82, 2.24) is 9.97 Å². The van der Waals surface area contributed by atoms with Gasteiger partial charge in [0.1, 0.15) is 5.01 Å². The lowest BCUT2D eigenvalue weighted by molar-refractivity contribution is 0.102. The van der Waals surface area contributed by atoms with E-state index >= 15 is 0 Å². The number of thiazole rings is 1. The van der Waals surface area contributed by atoms with Crippen LogP contribution in [0.2, 0.25) is 5.02 Å². The number of aromatic nitrogens is 2. The van der Waals surface area contributed by atoms with Crippen LogP contribution in [0.1, 0.15) is 10.4 Å². The van der Waals surface area contributed by atoms with Crippen molar-refractivity contribution in [2.45, 2.75) is 0 Å². The summed E-state index contributed by atoms with van der Waals surface area (Å²) < 4.78 is 1.13. The van der Waals surface area contributed by atoms with Gasteiger partial charge in [-0.1, -0.05) is 23.7 Å². The number of rotatable bonds is 3. The Kier molecular flexibility index (Phi) is 4.17. The van der Waals surface area contributed by atoms with E-state index in [0.717, 1.165) is 20.8 Å². The molecule has 2 aromatic heterocycles. The first-order valence-corrected chi connectivity index (χ1v) is 8.77. The molecular formula is C19H12ClN3OS. The lowest BCUT2D eigenvalue weighted by Gasteiger charge is -2.08. The number of hydrogen-bond acceptors (Lipinski definition) is 4. The zero-order valence-corrected chi connectivity index (χ0v) is 14.5. The lowest BCUT2D eigenvalue weighted by Crippen LogP contribution is -2.12. The maximum Gasteiger partial charge on any atom is 0.257 e. The van der Waals surface area contributed by atoms with Gasteiger partial charge in [0.25, 0.3) is 5.91 Å². The third-order valence-corrected chi connectivity index (χ3v) is 5.08. The lowest BCUT2D eigenvalue weighted by atomic mass is 10.2. The van der Waals surface area contributed by atoms with Crippen molar-refractivity contribution in [3.05, 3.63) is 77.6 Å². The smallest absolute Gasteiger partial charge is 0.257 e. The summed E-state index contributed by atoms with van der Waals surface area (Å²) in [6.07, 6.45) is 3.13. The Balaban J connectivity index is 1.61. The van der Waals surface area contributed by atoms with E-state index in [1.807, 2.05) is 36.4 Å². The van der Waals surface area contributed by atoms with E-state index < -0.39 is 0 Å². The van der Waals surface area contributed by atoms with Crippen molar-refractivity contribution in [3.8, 4) is 10.6 Å². The van der Waals surface area contributed by atoms with Gasteiger partial charge in [-0.15, -0.1) is 11.3 Å². The molecule has 25 heavy (non-hydrogen) atoms. The Morgan fingerprint density at radius 2 is 1.96 bits per heavy atom. The van der Waals surface area contributed by atoms with Crippen molar-refractivity contribution in [3.63, 3.8) is 0 Å². The molecule has 1 amide bonds. The molecule has 0 atom stereocenters. The fourth-order valence-corrected chi connectivity index (χ4v) is 3.63. The number of hydrogen-bond donors (Lipinski definition) is 1. The number of benzene rings is 2. The predicted molar refractivity (Wildman–Crippen MR) is 102 cm³/mol. The monoisotopic (exact) mass is 365 g/mol. The molecule has 6 heteroatoms. The van der Waals surface area contributed by atoms with Crippen molar-refractivity contribution in [2.24, 2.45) is 0 Å². The third-order valence-electron chi connectivity index (χ3n) is 3.68. The zero-order valence-electron chi connectivity index (χ0n) is 12.9. The molecule has 0 radical (unpaired) electrons. The van der Waals surface area contributed by atoms with Crippen LogP contribution in [-0.2, 0) is 0 Å². The highest BCUT2D eigenvalue weighted by Gasteiger charge is 2.11. The number of carbonyl (C=O) groups excluding carboxylic acids is 1. The van der Waals surface area contributed by atoms with E-state index in [4.69, 9.17) is 11.6 Å². The summed E-state index contributed by atoms with van der Waals surface area (Å²) in [7, 11) is 0. The van der Waals surface area contributed by atoms with Gasteiger partial charge in [-0.3, -0.25) is 9.78 Å². The molecule has 0 aliphatic heterocycles. The van der Waals surface area contributed by atoms with Crippen LogP contribution in [0.25, 0.3) is 20.8 Å². The normalized spacial score (nSPS) is 10.8. The summed E-state index contributed by atoms with van der Waals surface area (Å²) in [4.78, 5) is 20.8. The van der Waals surface area contributed by atoms with Gasteiger partial charge >= 0.3 is 0 Å². The SMILES string of the molecule is O=C(Nc1ccc(-c2nc3ccccc3s2)cc1Cl)c1cccnc1. The number of fused-ring (bicyclic) bond motifs is 1. The molecule has 0 fully saturated rings. The molecule has 0 saturated heterocycles. The Labute approximate surface area is 153 Å². The molecule has 4 nitrogen and oxygen atoms in total. The second kappa shape index (κ2) is 6.63. The minimum Gasteiger partial charge on any atom is -0.321 e. The summed E-state index contributed by atoms with van der Waals surface area (Å²) in [5.74, 6) is -0.247. The summed E-state index contributed by atoms with van der Waals surface area (Å²) in [6.45, 7) is 0. The Morgan fingerprint density at radius 1 is 1.08 bits per heavy atom. The van der Waals surface area contributed by atoms with Gasteiger partial charge in [0.15, 0.2) is 0 Å². The quantitative estimate of drug-likeness (QED) is 0.538. The molecule has 1 N–H and O–H groups in total. The summed E-state index contributed by atoms with van der Waals surface area (Å²) in [5, 5.41) is 4.17. The molecule has 0 aliphatic carbocycles. The molecule has 0 aliphatic rings. The average molecular weight is 366 g/mol. The number of nitrogens with zero attached hydrogens (tertiary/aromatic N) is 2. The number of nitrogens with one attached hydrogen (secondary N) is 1. The fourth-order valence-electron chi connectivity index (χ4n) is 2.44. The van der Waals surface area contributed by atoms with Crippen molar-refractivity contribution >= 4 is 44.7 Å². The van der Waals surface area contributed by atoms with Crippen LogP contribution < -0.4 is 5.32 Å². The Bertz CT molecular complexity index is 1030. The second-order valence-corrected chi connectivity index (χ2v) is 6.82. The second-order valence-electron chi connectivity index (χ2n) is 5.38. The first kappa shape index (κ1) is 15.7. The van der Waals surface area contributed by atoms with Gasteiger partial charge < -0.3 is 5.32 Å². The number of para-hydroxylation sites is 1. The first-order chi connectivity index (χ1) is 12.2. The number of pyridine rings is 1. The highest BCUT2D eigenvalue weighted by Crippen LogP contribution is 2.33. The summed E-state index contributed by atoms with van der Waals surface area (Å²) in [5.41, 5.74) is 2.92. The molecule has 0 spiro atoms. The van der Waals surface area contributed by atoms with E-state index in [9.17, 15) is 4.79 Å². The molecule has 0 bridgehead atoms. The molecule has 4 aromatic rings. The van der Waals surface area contributed by atoms with E-state index in [2.05, 4.69) is 15.3 Å². The number of carbonyl (C=O) groups is 1. The molecule has 4 rings (SSSR count). The van der Waals surface area contributed by atoms with E-state index in [0.29, 0.717) is 16.3 Å². The highest BCUT2D eigenvalue weighted by atomic mass is 35.5. The predicted octanol–water partition coefficient (Wildman–Crippen LogP) is 5.26. The molecule has 0 unspecified atom stereocenters. The van der Waals surface area contributed by atoms with Gasteiger partial charge in [0.2, 0.25) is 0 Å². The minimum absolute atomic E-state index is 0.247. The van der Waals surface area contributed by atoms with Crippen LogP contribution in [-0.4, -0.2) is 15.9 Å². The maximum absolute atomic E-state index is 12.2. The molecular weight excluding hydrogens is 354 g/mol. The minimum atomic E-state index is -0.247. The standard InChI is InChI=1S/C19H12ClN3OS/c20-14-10-12(19-23-16-5-1-2-6-17(16)25-19)7-8-15(14)22-18(24)13-4-3-9-21-11-13/h1-11H,(H,22,24). The van der Waals surface area contributed by atoms with Gasteiger partial charge in [-0.2, -0.15) is 0 Å². The Hall–Kier alpha value is -2.76.